The van der Waals surface area contributed by atoms with Gasteiger partial charge in [0.25, 0.3) is 0 Å². The maximum Gasteiger partial charge on any atom is 0.228 e. The molecule has 3 fully saturated rings. The second-order valence-electron chi connectivity index (χ2n) is 7.67. The highest BCUT2D eigenvalue weighted by molar-refractivity contribution is 5.99. The lowest BCUT2D eigenvalue weighted by atomic mass is 10.0. The maximum absolute atomic E-state index is 12.7. The van der Waals surface area contributed by atoms with Crippen molar-refractivity contribution in [2.75, 3.05) is 31.6 Å². The second kappa shape index (κ2) is 6.67. The van der Waals surface area contributed by atoms with E-state index in [4.69, 9.17) is 9.47 Å². The zero-order valence-corrected chi connectivity index (χ0v) is 15.4. The molecule has 1 N–H and O–H groups in total. The van der Waals surface area contributed by atoms with Gasteiger partial charge in [-0.05, 0) is 43.5 Å². The highest BCUT2D eigenvalue weighted by atomic mass is 16.7. The topological polar surface area (TPSA) is 67.9 Å². The molecule has 1 aromatic rings. The van der Waals surface area contributed by atoms with E-state index in [1.807, 2.05) is 36.9 Å². The summed E-state index contributed by atoms with van der Waals surface area (Å²) in [6.45, 7) is 6.62. The molecule has 2 aliphatic heterocycles. The third kappa shape index (κ3) is 3.35. The Bertz CT molecular complexity index is 717. The van der Waals surface area contributed by atoms with Crippen molar-refractivity contribution >= 4 is 17.5 Å². The van der Waals surface area contributed by atoms with Crippen molar-refractivity contribution in [2.45, 2.75) is 38.9 Å². The number of aryl methyl sites for hydroxylation is 2. The average molecular weight is 358 g/mol. The van der Waals surface area contributed by atoms with Crippen LogP contribution < -0.4 is 5.32 Å². The Morgan fingerprint density at radius 3 is 2.42 bits per heavy atom. The summed E-state index contributed by atoms with van der Waals surface area (Å²) in [5.41, 5.74) is 3.14. The van der Waals surface area contributed by atoms with Crippen LogP contribution in [0.25, 0.3) is 0 Å². The minimum atomic E-state index is -0.472. The molecule has 1 spiro atoms. The molecule has 3 aliphatic rings. The van der Waals surface area contributed by atoms with Crippen molar-refractivity contribution in [3.8, 4) is 0 Å². The normalized spacial score (nSPS) is 26.8. The number of amides is 2. The smallest absolute Gasteiger partial charge is 0.228 e. The number of carbonyl (C=O) groups is 2. The van der Waals surface area contributed by atoms with Crippen LogP contribution in [0.5, 0.6) is 0 Å². The van der Waals surface area contributed by atoms with Gasteiger partial charge in [-0.25, -0.2) is 0 Å². The molecule has 2 amide bonds. The van der Waals surface area contributed by atoms with Gasteiger partial charge in [-0.15, -0.1) is 0 Å². The van der Waals surface area contributed by atoms with E-state index in [-0.39, 0.29) is 23.7 Å². The summed E-state index contributed by atoms with van der Waals surface area (Å²) in [6.07, 6.45) is 2.07. The lowest BCUT2D eigenvalue weighted by Gasteiger charge is -2.37. The highest BCUT2D eigenvalue weighted by Gasteiger charge is 2.51. The minimum absolute atomic E-state index is 0.0532. The number of rotatable bonds is 3. The van der Waals surface area contributed by atoms with E-state index in [1.54, 1.807) is 0 Å². The highest BCUT2D eigenvalue weighted by Crippen LogP contribution is 2.42. The standard InChI is InChI=1S/C20H26N2O4/c1-13-3-4-15(11-14(13)2)21-18(23)16-12-17(16)19(24)22-7-5-20(6-8-22)25-9-10-26-20/h3-4,11,16-17H,5-10,12H2,1-2H3,(H,21,23). The SMILES string of the molecule is Cc1ccc(NC(=O)C2CC2C(=O)N2CCC3(CC2)OCCO3)cc1C. The number of carbonyl (C=O) groups excluding carboxylic acids is 2. The number of nitrogens with one attached hydrogen (secondary N) is 1. The Balaban J connectivity index is 1.29. The number of hydrogen-bond acceptors (Lipinski definition) is 4. The Morgan fingerprint density at radius 2 is 1.77 bits per heavy atom. The molecule has 1 aromatic carbocycles. The van der Waals surface area contributed by atoms with Crippen molar-refractivity contribution in [3.63, 3.8) is 0 Å². The molecule has 2 atom stereocenters. The summed E-state index contributed by atoms with van der Waals surface area (Å²) in [5, 5.41) is 2.95. The summed E-state index contributed by atoms with van der Waals surface area (Å²) in [7, 11) is 0. The lowest BCUT2D eigenvalue weighted by molar-refractivity contribution is -0.187. The van der Waals surface area contributed by atoms with Crippen molar-refractivity contribution in [3.05, 3.63) is 29.3 Å². The number of piperidine rings is 1. The van der Waals surface area contributed by atoms with Gasteiger partial charge >= 0.3 is 0 Å². The first-order valence-electron chi connectivity index (χ1n) is 9.42. The first-order valence-corrected chi connectivity index (χ1v) is 9.42. The molecule has 0 bridgehead atoms. The number of nitrogens with zero attached hydrogens (tertiary/aromatic N) is 1. The molecule has 6 heteroatoms. The van der Waals surface area contributed by atoms with E-state index >= 15 is 0 Å². The first kappa shape index (κ1) is 17.5. The molecule has 2 heterocycles. The summed E-state index contributed by atoms with van der Waals surface area (Å²) in [5.74, 6) is -0.818. The molecular formula is C20H26N2O4. The number of anilines is 1. The first-order chi connectivity index (χ1) is 12.5. The van der Waals surface area contributed by atoms with Gasteiger partial charge in [0.2, 0.25) is 11.8 Å². The predicted octanol–water partition coefficient (Wildman–Crippen LogP) is 2.24. The largest absolute Gasteiger partial charge is 0.347 e. The van der Waals surface area contributed by atoms with Gasteiger partial charge in [-0.3, -0.25) is 9.59 Å². The van der Waals surface area contributed by atoms with Crippen LogP contribution in [0.3, 0.4) is 0 Å². The van der Waals surface area contributed by atoms with Gasteiger partial charge in [0.15, 0.2) is 5.79 Å². The van der Waals surface area contributed by atoms with Crippen molar-refractivity contribution < 1.29 is 19.1 Å². The van der Waals surface area contributed by atoms with E-state index in [0.717, 1.165) is 11.3 Å². The molecule has 26 heavy (non-hydrogen) atoms. The molecule has 0 radical (unpaired) electrons. The van der Waals surface area contributed by atoms with Crippen LogP contribution in [-0.4, -0.2) is 48.8 Å². The van der Waals surface area contributed by atoms with Crippen molar-refractivity contribution in [1.82, 2.24) is 4.90 Å². The van der Waals surface area contributed by atoms with Crippen LogP contribution in [0.15, 0.2) is 18.2 Å². The monoisotopic (exact) mass is 358 g/mol. The van der Waals surface area contributed by atoms with Crippen LogP contribution in [0, 0.1) is 25.7 Å². The van der Waals surface area contributed by atoms with Crippen LogP contribution in [0.1, 0.15) is 30.4 Å². The molecular weight excluding hydrogens is 332 g/mol. The fourth-order valence-electron chi connectivity index (χ4n) is 3.90. The fourth-order valence-corrected chi connectivity index (χ4v) is 3.90. The Hall–Kier alpha value is -1.92. The van der Waals surface area contributed by atoms with Crippen LogP contribution in [0.4, 0.5) is 5.69 Å². The summed E-state index contributed by atoms with van der Waals surface area (Å²) in [4.78, 5) is 27.0. The number of benzene rings is 1. The van der Waals surface area contributed by atoms with E-state index in [0.29, 0.717) is 45.6 Å². The maximum atomic E-state index is 12.7. The summed E-state index contributed by atoms with van der Waals surface area (Å²) >= 11 is 0. The third-order valence-corrected chi connectivity index (χ3v) is 5.87. The number of ether oxygens (including phenoxy) is 2. The van der Waals surface area contributed by atoms with Gasteiger partial charge in [0.1, 0.15) is 0 Å². The summed E-state index contributed by atoms with van der Waals surface area (Å²) in [6, 6.07) is 5.88. The van der Waals surface area contributed by atoms with Crippen LogP contribution in [0.2, 0.25) is 0 Å². The van der Waals surface area contributed by atoms with Gasteiger partial charge in [-0.2, -0.15) is 0 Å². The Morgan fingerprint density at radius 1 is 1.08 bits per heavy atom. The molecule has 1 saturated carbocycles. The zero-order chi connectivity index (χ0) is 18.3. The Labute approximate surface area is 153 Å². The quantitative estimate of drug-likeness (QED) is 0.900. The van der Waals surface area contributed by atoms with Crippen LogP contribution >= 0.6 is 0 Å². The van der Waals surface area contributed by atoms with E-state index in [2.05, 4.69) is 5.32 Å². The molecule has 4 rings (SSSR count). The van der Waals surface area contributed by atoms with E-state index in [9.17, 15) is 9.59 Å². The van der Waals surface area contributed by atoms with Crippen LogP contribution in [-0.2, 0) is 19.1 Å². The molecule has 1 aliphatic carbocycles. The fraction of sp³-hybridized carbons (Fsp3) is 0.600. The zero-order valence-electron chi connectivity index (χ0n) is 15.4. The number of likely N-dealkylation sites (tertiary alicyclic amines) is 1. The number of hydrogen-bond donors (Lipinski definition) is 1. The average Bonchev–Trinajstić information content (AvgIpc) is 3.32. The van der Waals surface area contributed by atoms with Gasteiger partial charge in [0, 0.05) is 31.6 Å². The Kier molecular flexibility index (Phi) is 4.49. The van der Waals surface area contributed by atoms with Gasteiger partial charge in [0.05, 0.1) is 25.0 Å². The summed E-state index contributed by atoms with van der Waals surface area (Å²) < 4.78 is 11.4. The molecule has 140 valence electrons. The molecule has 0 aromatic heterocycles. The second-order valence-corrected chi connectivity index (χ2v) is 7.67. The van der Waals surface area contributed by atoms with Gasteiger partial charge < -0.3 is 19.7 Å². The van der Waals surface area contributed by atoms with E-state index in [1.165, 1.54) is 5.56 Å². The van der Waals surface area contributed by atoms with Gasteiger partial charge in [-0.1, -0.05) is 6.07 Å². The third-order valence-electron chi connectivity index (χ3n) is 5.87. The molecule has 6 nitrogen and oxygen atoms in total. The lowest BCUT2D eigenvalue weighted by Crippen LogP contribution is -2.48. The van der Waals surface area contributed by atoms with E-state index < -0.39 is 5.79 Å². The molecule has 2 unspecified atom stereocenters. The molecule has 2 saturated heterocycles. The predicted molar refractivity (Wildman–Crippen MR) is 96.6 cm³/mol. The minimum Gasteiger partial charge on any atom is -0.347 e. The van der Waals surface area contributed by atoms with Crippen molar-refractivity contribution in [2.24, 2.45) is 11.8 Å². The van der Waals surface area contributed by atoms with Crippen molar-refractivity contribution in [1.29, 1.82) is 0 Å².